The number of rotatable bonds is 6. The molecule has 6 nitrogen and oxygen atoms in total. The van der Waals surface area contributed by atoms with Crippen molar-refractivity contribution in [3.8, 4) is 0 Å². The normalized spacial score (nSPS) is 25.8. The fourth-order valence-electron chi connectivity index (χ4n) is 3.83. The van der Waals surface area contributed by atoms with Gasteiger partial charge in [-0.15, -0.1) is 0 Å². The first-order valence-electron chi connectivity index (χ1n) is 9.40. The van der Waals surface area contributed by atoms with Crippen LogP contribution in [0.2, 0.25) is 0 Å². The minimum absolute atomic E-state index is 0.0283. The van der Waals surface area contributed by atoms with Gasteiger partial charge < -0.3 is 10.1 Å². The second-order valence-electron chi connectivity index (χ2n) is 7.11. The molecule has 2 unspecified atom stereocenters. The van der Waals surface area contributed by atoms with Gasteiger partial charge in [0.1, 0.15) is 0 Å². The van der Waals surface area contributed by atoms with Crippen molar-refractivity contribution in [2.24, 2.45) is 0 Å². The van der Waals surface area contributed by atoms with E-state index in [2.05, 4.69) is 10.6 Å². The molecule has 140 valence electrons. The quantitative estimate of drug-likeness (QED) is 0.766. The van der Waals surface area contributed by atoms with E-state index in [0.29, 0.717) is 31.4 Å². The van der Waals surface area contributed by atoms with Crippen LogP contribution in [-0.4, -0.2) is 30.4 Å². The van der Waals surface area contributed by atoms with Crippen molar-refractivity contribution in [2.45, 2.75) is 63.4 Å². The van der Waals surface area contributed by atoms with E-state index in [1.165, 1.54) is 0 Å². The Labute approximate surface area is 153 Å². The Hall–Kier alpha value is -2.21. The third-order valence-electron chi connectivity index (χ3n) is 5.51. The van der Waals surface area contributed by atoms with Crippen LogP contribution in [0.4, 0.5) is 5.69 Å². The molecule has 26 heavy (non-hydrogen) atoms. The smallest absolute Gasteiger partial charge is 0.237 e. The number of ether oxygens (including phenoxy) is 1. The number of benzene rings is 1. The van der Waals surface area contributed by atoms with Crippen molar-refractivity contribution in [3.05, 3.63) is 29.8 Å². The molecule has 1 aromatic carbocycles. The van der Waals surface area contributed by atoms with Gasteiger partial charge in [0.25, 0.3) is 0 Å². The molecule has 0 aliphatic carbocycles. The molecular weight excluding hydrogens is 332 g/mol. The number of imide groups is 1. The van der Waals surface area contributed by atoms with Crippen molar-refractivity contribution >= 4 is 23.4 Å². The van der Waals surface area contributed by atoms with E-state index in [4.69, 9.17) is 4.74 Å². The molecule has 0 radical (unpaired) electrons. The summed E-state index contributed by atoms with van der Waals surface area (Å²) < 4.78 is 5.54. The van der Waals surface area contributed by atoms with Crippen LogP contribution < -0.4 is 10.6 Å². The summed E-state index contributed by atoms with van der Waals surface area (Å²) in [6.07, 6.45) is 4.99. The van der Waals surface area contributed by atoms with Gasteiger partial charge in [-0.05, 0) is 49.8 Å². The standard InChI is InChI=1S/C20H26N2O4/c1-2-20(12-11-18(24)22-19(20)25)14-5-7-15(8-6-14)21-17(23)10-9-16-4-3-13-26-16/h5-8,16H,2-4,9-13H2,1H3,(H,21,23)(H,22,24,25). The van der Waals surface area contributed by atoms with Gasteiger partial charge in [-0.1, -0.05) is 19.1 Å². The van der Waals surface area contributed by atoms with Crippen molar-refractivity contribution in [3.63, 3.8) is 0 Å². The van der Waals surface area contributed by atoms with Gasteiger partial charge in [0, 0.05) is 25.1 Å². The van der Waals surface area contributed by atoms with Gasteiger partial charge in [-0.2, -0.15) is 0 Å². The highest BCUT2D eigenvalue weighted by Gasteiger charge is 2.42. The maximum atomic E-state index is 12.4. The molecule has 1 aromatic rings. The Morgan fingerprint density at radius 1 is 1.31 bits per heavy atom. The zero-order valence-electron chi connectivity index (χ0n) is 15.2. The molecule has 0 aromatic heterocycles. The molecule has 3 rings (SSSR count). The lowest BCUT2D eigenvalue weighted by atomic mass is 9.72. The van der Waals surface area contributed by atoms with Gasteiger partial charge in [-0.3, -0.25) is 19.7 Å². The topological polar surface area (TPSA) is 84.5 Å². The number of amides is 3. The molecule has 2 saturated heterocycles. The highest BCUT2D eigenvalue weighted by atomic mass is 16.5. The zero-order valence-corrected chi connectivity index (χ0v) is 15.2. The van der Waals surface area contributed by atoms with E-state index in [-0.39, 0.29) is 23.8 Å². The first-order chi connectivity index (χ1) is 12.5. The van der Waals surface area contributed by atoms with Crippen LogP contribution in [-0.2, 0) is 24.5 Å². The van der Waals surface area contributed by atoms with E-state index in [9.17, 15) is 14.4 Å². The van der Waals surface area contributed by atoms with E-state index in [1.54, 1.807) is 0 Å². The first kappa shape index (κ1) is 18.6. The van der Waals surface area contributed by atoms with Gasteiger partial charge in [-0.25, -0.2) is 0 Å². The van der Waals surface area contributed by atoms with Crippen molar-refractivity contribution in [1.82, 2.24) is 5.32 Å². The monoisotopic (exact) mass is 358 g/mol. The molecule has 0 bridgehead atoms. The minimum atomic E-state index is -0.670. The maximum Gasteiger partial charge on any atom is 0.237 e. The molecule has 2 aliphatic heterocycles. The molecule has 2 heterocycles. The molecule has 2 N–H and O–H groups in total. The summed E-state index contributed by atoms with van der Waals surface area (Å²) in [7, 11) is 0. The SMILES string of the molecule is CCC1(c2ccc(NC(=O)CCC3CCCO3)cc2)CCC(=O)NC1=O. The average molecular weight is 358 g/mol. The number of anilines is 1. The molecular formula is C20H26N2O4. The van der Waals surface area contributed by atoms with Crippen LogP contribution in [0.5, 0.6) is 0 Å². The Morgan fingerprint density at radius 2 is 2.08 bits per heavy atom. The molecule has 0 saturated carbocycles. The lowest BCUT2D eigenvalue weighted by Crippen LogP contribution is -2.51. The van der Waals surface area contributed by atoms with E-state index < -0.39 is 5.41 Å². The van der Waals surface area contributed by atoms with Gasteiger partial charge in [0.2, 0.25) is 17.7 Å². The molecule has 2 atom stereocenters. The van der Waals surface area contributed by atoms with Gasteiger partial charge in [0.05, 0.1) is 11.5 Å². The second-order valence-corrected chi connectivity index (χ2v) is 7.11. The van der Waals surface area contributed by atoms with Crippen molar-refractivity contribution in [2.75, 3.05) is 11.9 Å². The summed E-state index contributed by atoms with van der Waals surface area (Å²) in [6, 6.07) is 7.38. The van der Waals surface area contributed by atoms with Crippen molar-refractivity contribution in [1.29, 1.82) is 0 Å². The number of piperidine rings is 1. The lowest BCUT2D eigenvalue weighted by Gasteiger charge is -2.35. The number of hydrogen-bond donors (Lipinski definition) is 2. The fraction of sp³-hybridized carbons (Fsp3) is 0.550. The lowest BCUT2D eigenvalue weighted by molar-refractivity contribution is -0.138. The van der Waals surface area contributed by atoms with Crippen LogP contribution in [0.15, 0.2) is 24.3 Å². The van der Waals surface area contributed by atoms with E-state index in [0.717, 1.165) is 31.4 Å². The minimum Gasteiger partial charge on any atom is -0.378 e. The maximum absolute atomic E-state index is 12.4. The first-order valence-corrected chi connectivity index (χ1v) is 9.40. The van der Waals surface area contributed by atoms with Gasteiger partial charge in [0.15, 0.2) is 0 Å². The summed E-state index contributed by atoms with van der Waals surface area (Å²) in [5.41, 5.74) is 0.919. The van der Waals surface area contributed by atoms with Gasteiger partial charge >= 0.3 is 0 Å². The Balaban J connectivity index is 1.61. The molecule has 0 spiro atoms. The largest absolute Gasteiger partial charge is 0.378 e. The molecule has 3 amide bonds. The predicted octanol–water partition coefficient (Wildman–Crippen LogP) is 2.67. The molecule has 2 fully saturated rings. The predicted molar refractivity (Wildman–Crippen MR) is 97.6 cm³/mol. The summed E-state index contributed by atoms with van der Waals surface area (Å²) in [6.45, 7) is 2.75. The van der Waals surface area contributed by atoms with E-state index >= 15 is 0 Å². The average Bonchev–Trinajstić information content (AvgIpc) is 3.15. The van der Waals surface area contributed by atoms with Crippen LogP contribution >= 0.6 is 0 Å². The summed E-state index contributed by atoms with van der Waals surface area (Å²) >= 11 is 0. The number of nitrogens with one attached hydrogen (secondary N) is 2. The summed E-state index contributed by atoms with van der Waals surface area (Å²) in [5, 5.41) is 5.35. The van der Waals surface area contributed by atoms with E-state index in [1.807, 2.05) is 31.2 Å². The molecule has 6 heteroatoms. The Bertz CT molecular complexity index is 680. The number of carbonyl (C=O) groups excluding carboxylic acids is 3. The van der Waals surface area contributed by atoms with Crippen LogP contribution in [0.3, 0.4) is 0 Å². The third-order valence-corrected chi connectivity index (χ3v) is 5.51. The third kappa shape index (κ3) is 3.96. The Morgan fingerprint density at radius 3 is 2.69 bits per heavy atom. The number of hydrogen-bond acceptors (Lipinski definition) is 4. The van der Waals surface area contributed by atoms with Crippen LogP contribution in [0, 0.1) is 0 Å². The zero-order chi connectivity index (χ0) is 18.6. The fourth-order valence-corrected chi connectivity index (χ4v) is 3.83. The second kappa shape index (κ2) is 7.99. The summed E-state index contributed by atoms with van der Waals surface area (Å²) in [4.78, 5) is 36.0. The summed E-state index contributed by atoms with van der Waals surface area (Å²) in [5.74, 6) is -0.474. The van der Waals surface area contributed by atoms with Crippen molar-refractivity contribution < 1.29 is 19.1 Å². The highest BCUT2D eigenvalue weighted by molar-refractivity contribution is 6.03. The van der Waals surface area contributed by atoms with Crippen LogP contribution in [0.1, 0.15) is 57.4 Å². The Kier molecular flexibility index (Phi) is 5.71. The highest BCUT2D eigenvalue weighted by Crippen LogP contribution is 2.36. The number of carbonyl (C=O) groups is 3. The molecule has 2 aliphatic rings. The van der Waals surface area contributed by atoms with Crippen LogP contribution in [0.25, 0.3) is 0 Å².